The van der Waals surface area contributed by atoms with Crippen molar-refractivity contribution < 1.29 is 28.6 Å². The van der Waals surface area contributed by atoms with Crippen molar-refractivity contribution in [1.82, 2.24) is 0 Å². The SMILES string of the molecule is COc1ccc([C@@H]2C=C3c4ccc5ccccc5c4OC(=O)[C@@H]3[C@H]3C(=O)N(c4ccc(OC)cc4)C(=O)[C@H]32)cc1. The molecule has 2 heterocycles. The van der Waals surface area contributed by atoms with E-state index in [0.717, 1.165) is 27.5 Å². The molecule has 1 saturated heterocycles. The summed E-state index contributed by atoms with van der Waals surface area (Å²) >= 11 is 0. The molecule has 7 nitrogen and oxygen atoms in total. The Bertz CT molecular complexity index is 1720. The number of carbonyl (C=O) groups is 3. The van der Waals surface area contributed by atoms with E-state index in [0.29, 0.717) is 22.9 Å². The third-order valence-corrected chi connectivity index (χ3v) is 8.32. The summed E-state index contributed by atoms with van der Waals surface area (Å²) in [4.78, 5) is 43.1. The zero-order valence-electron chi connectivity index (χ0n) is 21.9. The molecule has 3 aliphatic rings. The van der Waals surface area contributed by atoms with Gasteiger partial charge in [0.05, 0.1) is 37.7 Å². The van der Waals surface area contributed by atoms with Gasteiger partial charge in [0.25, 0.3) is 0 Å². The van der Waals surface area contributed by atoms with Crippen LogP contribution in [0.4, 0.5) is 5.69 Å². The lowest BCUT2D eigenvalue weighted by Crippen LogP contribution is -2.42. The van der Waals surface area contributed by atoms with Gasteiger partial charge in [-0.1, -0.05) is 54.6 Å². The van der Waals surface area contributed by atoms with E-state index in [9.17, 15) is 14.4 Å². The predicted octanol–water partition coefficient (Wildman–Crippen LogP) is 5.38. The minimum absolute atomic E-state index is 0.339. The van der Waals surface area contributed by atoms with Crippen molar-refractivity contribution in [3.63, 3.8) is 0 Å². The Labute approximate surface area is 230 Å². The van der Waals surface area contributed by atoms with E-state index < -0.39 is 35.5 Å². The predicted molar refractivity (Wildman–Crippen MR) is 149 cm³/mol. The lowest BCUT2D eigenvalue weighted by molar-refractivity contribution is -0.142. The molecule has 198 valence electrons. The molecular weight excluding hydrogens is 506 g/mol. The van der Waals surface area contributed by atoms with Crippen LogP contribution in [0.1, 0.15) is 17.0 Å². The van der Waals surface area contributed by atoms with Gasteiger partial charge in [-0.3, -0.25) is 14.4 Å². The first-order chi connectivity index (χ1) is 19.5. The fourth-order valence-corrected chi connectivity index (χ4v) is 6.43. The minimum Gasteiger partial charge on any atom is -0.497 e. The highest BCUT2D eigenvalue weighted by atomic mass is 16.5. The number of fused-ring (bicyclic) bond motifs is 7. The van der Waals surface area contributed by atoms with Crippen molar-refractivity contribution in [2.75, 3.05) is 19.1 Å². The Morgan fingerprint density at radius 1 is 0.725 bits per heavy atom. The van der Waals surface area contributed by atoms with Crippen LogP contribution in [0.15, 0.2) is 91.0 Å². The van der Waals surface area contributed by atoms with Gasteiger partial charge in [-0.25, -0.2) is 4.90 Å². The summed E-state index contributed by atoms with van der Waals surface area (Å²) in [6, 6.07) is 25.9. The van der Waals surface area contributed by atoms with Crippen LogP contribution < -0.4 is 19.1 Å². The monoisotopic (exact) mass is 531 g/mol. The van der Waals surface area contributed by atoms with Gasteiger partial charge >= 0.3 is 5.97 Å². The fourth-order valence-electron chi connectivity index (χ4n) is 6.43. The second-order valence-electron chi connectivity index (χ2n) is 10.2. The molecule has 0 aromatic heterocycles. The number of nitrogens with zero attached hydrogens (tertiary/aromatic N) is 1. The number of benzene rings is 4. The maximum Gasteiger partial charge on any atom is 0.319 e. The van der Waals surface area contributed by atoms with Crippen LogP contribution in [0.3, 0.4) is 0 Å². The molecule has 0 unspecified atom stereocenters. The van der Waals surface area contributed by atoms with E-state index in [4.69, 9.17) is 14.2 Å². The molecule has 2 amide bonds. The van der Waals surface area contributed by atoms with Crippen LogP contribution in [0.5, 0.6) is 17.2 Å². The van der Waals surface area contributed by atoms with Crippen LogP contribution in [0.2, 0.25) is 0 Å². The van der Waals surface area contributed by atoms with E-state index >= 15 is 0 Å². The average molecular weight is 532 g/mol. The molecule has 0 bridgehead atoms. The Hall–Kier alpha value is -4.91. The molecule has 4 atom stereocenters. The summed E-state index contributed by atoms with van der Waals surface area (Å²) in [6.45, 7) is 0. The highest BCUT2D eigenvalue weighted by Crippen LogP contribution is 2.55. The van der Waals surface area contributed by atoms with Gasteiger partial charge in [-0.2, -0.15) is 0 Å². The molecule has 0 saturated carbocycles. The highest BCUT2D eigenvalue weighted by Gasteiger charge is 2.60. The third kappa shape index (κ3) is 3.47. The lowest BCUT2D eigenvalue weighted by atomic mass is 9.64. The standard InChI is InChI=1S/C33H25NO6/c1-38-21-12-7-19(8-13-21)25-17-26-24-16-9-18-5-3-4-6-23(18)30(24)40-33(37)28(26)29-27(25)31(35)34(32(29)36)20-10-14-22(39-2)15-11-20/h3-17,25,27-29H,1-2H3/t25-,27-,28-,29-/m0/s1. The molecule has 7 heteroatoms. The summed E-state index contributed by atoms with van der Waals surface area (Å²) in [5, 5.41) is 1.77. The quantitative estimate of drug-likeness (QED) is 0.200. The van der Waals surface area contributed by atoms with E-state index in [1.165, 1.54) is 4.90 Å². The summed E-state index contributed by atoms with van der Waals surface area (Å²) in [5.74, 6) is -2.49. The summed E-state index contributed by atoms with van der Waals surface area (Å²) in [7, 11) is 3.15. The number of ether oxygens (including phenoxy) is 3. The van der Waals surface area contributed by atoms with Crippen LogP contribution >= 0.6 is 0 Å². The molecule has 0 radical (unpaired) electrons. The molecule has 40 heavy (non-hydrogen) atoms. The number of hydrogen-bond acceptors (Lipinski definition) is 6. The molecular formula is C33H25NO6. The van der Waals surface area contributed by atoms with Gasteiger partial charge in [-0.15, -0.1) is 0 Å². The van der Waals surface area contributed by atoms with E-state index in [1.807, 2.05) is 66.7 Å². The normalized spacial score (nSPS) is 23.2. The number of carbonyl (C=O) groups excluding carboxylic acids is 3. The maximum absolute atomic E-state index is 14.1. The van der Waals surface area contributed by atoms with Gasteiger partial charge in [-0.05, 0) is 52.9 Å². The van der Waals surface area contributed by atoms with Gasteiger partial charge < -0.3 is 14.2 Å². The number of hydrogen-bond donors (Lipinski definition) is 0. The Morgan fingerprint density at radius 3 is 2.08 bits per heavy atom. The third-order valence-electron chi connectivity index (χ3n) is 8.32. The zero-order chi connectivity index (χ0) is 27.5. The molecule has 4 aromatic carbocycles. The van der Waals surface area contributed by atoms with Crippen LogP contribution in [-0.4, -0.2) is 32.0 Å². The lowest BCUT2D eigenvalue weighted by Gasteiger charge is -2.38. The Kier molecular flexibility index (Phi) is 5.49. The van der Waals surface area contributed by atoms with Gasteiger partial charge in [0.15, 0.2) is 0 Å². The molecule has 0 spiro atoms. The second-order valence-corrected chi connectivity index (χ2v) is 10.2. The van der Waals surface area contributed by atoms with Crippen molar-refractivity contribution in [3.05, 3.63) is 102 Å². The smallest absolute Gasteiger partial charge is 0.319 e. The first-order valence-electron chi connectivity index (χ1n) is 13.1. The summed E-state index contributed by atoms with van der Waals surface area (Å²) < 4.78 is 16.6. The number of imide groups is 1. The van der Waals surface area contributed by atoms with Crippen LogP contribution in [0, 0.1) is 17.8 Å². The van der Waals surface area contributed by atoms with Gasteiger partial charge in [0.2, 0.25) is 11.8 Å². The molecule has 4 aromatic rings. The highest BCUT2D eigenvalue weighted by molar-refractivity contribution is 6.24. The van der Waals surface area contributed by atoms with Crippen molar-refractivity contribution >= 4 is 39.8 Å². The number of rotatable bonds is 4. The first-order valence-corrected chi connectivity index (χ1v) is 13.1. The largest absolute Gasteiger partial charge is 0.497 e. The molecule has 1 fully saturated rings. The topological polar surface area (TPSA) is 82.1 Å². The molecule has 7 rings (SSSR count). The number of methoxy groups -OCH3 is 2. The Morgan fingerprint density at radius 2 is 1.38 bits per heavy atom. The summed E-state index contributed by atoms with van der Waals surface area (Å²) in [5.41, 5.74) is 2.79. The average Bonchev–Trinajstić information content (AvgIpc) is 3.26. The van der Waals surface area contributed by atoms with Crippen molar-refractivity contribution in [3.8, 4) is 17.2 Å². The van der Waals surface area contributed by atoms with Crippen molar-refractivity contribution in [2.24, 2.45) is 17.8 Å². The van der Waals surface area contributed by atoms with E-state index in [1.54, 1.807) is 38.5 Å². The zero-order valence-corrected chi connectivity index (χ0v) is 21.9. The minimum atomic E-state index is -0.908. The van der Waals surface area contributed by atoms with E-state index in [-0.39, 0.29) is 5.91 Å². The van der Waals surface area contributed by atoms with Crippen molar-refractivity contribution in [1.29, 1.82) is 0 Å². The maximum atomic E-state index is 14.1. The van der Waals surface area contributed by atoms with Crippen LogP contribution in [-0.2, 0) is 14.4 Å². The van der Waals surface area contributed by atoms with Gasteiger partial charge in [0, 0.05) is 16.9 Å². The number of anilines is 1. The number of esters is 1. The number of allylic oxidation sites excluding steroid dienone is 1. The van der Waals surface area contributed by atoms with Gasteiger partial charge in [0.1, 0.15) is 17.2 Å². The van der Waals surface area contributed by atoms with Crippen molar-refractivity contribution in [2.45, 2.75) is 5.92 Å². The van der Waals surface area contributed by atoms with Crippen LogP contribution in [0.25, 0.3) is 16.3 Å². The molecule has 2 aliphatic heterocycles. The Balaban J connectivity index is 1.42. The number of amides is 2. The fraction of sp³-hybridized carbons (Fsp3) is 0.182. The summed E-state index contributed by atoms with van der Waals surface area (Å²) in [6.07, 6.45) is 1.99. The second kappa shape index (κ2) is 9.09. The molecule has 1 aliphatic carbocycles. The first kappa shape index (κ1) is 24.2. The molecule has 0 N–H and O–H groups in total. The van der Waals surface area contributed by atoms with E-state index in [2.05, 4.69) is 0 Å².